The maximum absolute atomic E-state index is 8.13. The van der Waals surface area contributed by atoms with Crippen molar-refractivity contribution in [1.29, 1.82) is 5.26 Å². The lowest BCUT2D eigenvalue weighted by molar-refractivity contribution is 1.21. The number of aromatic nitrogens is 1. The first-order valence-corrected chi connectivity index (χ1v) is 3.43. The minimum absolute atomic E-state index is 0.632. The Balaban J connectivity index is 2.60. The normalized spacial score (nSPS) is 9.67. The number of hydrogen-bond acceptors (Lipinski definition) is 4. The number of pyridine rings is 1. The summed E-state index contributed by atoms with van der Waals surface area (Å²) in [6, 6.07) is 5.48. The molecule has 1 heterocycles. The second-order valence-electron chi connectivity index (χ2n) is 2.22. The van der Waals surface area contributed by atoms with Crippen molar-refractivity contribution in [1.82, 2.24) is 4.98 Å². The Morgan fingerprint density at radius 2 is 2.50 bits per heavy atom. The van der Waals surface area contributed by atoms with Crippen LogP contribution in [-0.4, -0.2) is 11.2 Å². The summed E-state index contributed by atoms with van der Waals surface area (Å²) < 4.78 is 0. The van der Waals surface area contributed by atoms with Crippen LogP contribution < -0.4 is 5.43 Å². The van der Waals surface area contributed by atoms with Gasteiger partial charge in [0, 0.05) is 6.20 Å². The molecule has 0 radical (unpaired) electrons. The van der Waals surface area contributed by atoms with Crippen LogP contribution in [0.2, 0.25) is 0 Å². The summed E-state index contributed by atoms with van der Waals surface area (Å²) in [6.45, 7) is 1.95. The Kier molecular flexibility index (Phi) is 2.79. The number of hydrogen-bond donors (Lipinski definition) is 1. The molecule has 1 rings (SSSR count). The van der Waals surface area contributed by atoms with Crippen molar-refractivity contribution in [3.63, 3.8) is 0 Å². The first-order valence-electron chi connectivity index (χ1n) is 3.43. The first-order chi connectivity index (χ1) is 5.83. The quantitative estimate of drug-likeness (QED) is 0.524. The summed E-state index contributed by atoms with van der Waals surface area (Å²) >= 11 is 0. The molecule has 0 amide bonds. The maximum atomic E-state index is 8.13. The summed E-state index contributed by atoms with van der Waals surface area (Å²) in [7, 11) is 0. The van der Waals surface area contributed by atoms with Crippen LogP contribution >= 0.6 is 0 Å². The van der Waals surface area contributed by atoms with Crippen molar-refractivity contribution < 1.29 is 0 Å². The van der Waals surface area contributed by atoms with Gasteiger partial charge in [0.25, 0.3) is 0 Å². The van der Waals surface area contributed by atoms with E-state index in [1.165, 1.54) is 0 Å². The summed E-state index contributed by atoms with van der Waals surface area (Å²) in [6.07, 6.45) is 2.84. The van der Waals surface area contributed by atoms with E-state index < -0.39 is 0 Å². The molecule has 0 spiro atoms. The lowest BCUT2D eigenvalue weighted by atomic mass is 10.3. The average molecular weight is 160 g/mol. The van der Waals surface area contributed by atoms with Crippen molar-refractivity contribution in [2.24, 2.45) is 5.10 Å². The molecule has 0 saturated carbocycles. The van der Waals surface area contributed by atoms with E-state index in [1.54, 1.807) is 18.3 Å². The van der Waals surface area contributed by atoms with E-state index in [0.717, 1.165) is 11.8 Å². The number of anilines is 1. The average Bonchev–Trinajstić information content (AvgIpc) is 2.09. The zero-order valence-electron chi connectivity index (χ0n) is 6.65. The van der Waals surface area contributed by atoms with Gasteiger partial charge in [0.05, 0.1) is 0 Å². The molecule has 0 unspecified atom stereocenters. The Bertz CT molecular complexity index is 307. The molecule has 4 heteroatoms. The van der Waals surface area contributed by atoms with Crippen molar-refractivity contribution >= 4 is 12.0 Å². The zero-order chi connectivity index (χ0) is 8.81. The molecule has 0 aliphatic carbocycles. The van der Waals surface area contributed by atoms with E-state index in [0.29, 0.717) is 5.82 Å². The molecular weight excluding hydrogens is 152 g/mol. The highest BCUT2D eigenvalue weighted by atomic mass is 15.3. The standard InChI is InChI=1S/C8H8N4/c1-7-2-3-8(10-6-7)12-11-5-4-9/h2-3,5-6H,1H3,(H,10,12)/b11-5+. The molecule has 0 aromatic carbocycles. The van der Waals surface area contributed by atoms with Crippen LogP contribution in [0.1, 0.15) is 5.56 Å². The van der Waals surface area contributed by atoms with E-state index in [1.807, 2.05) is 13.0 Å². The van der Waals surface area contributed by atoms with Crippen LogP contribution in [-0.2, 0) is 0 Å². The number of aryl methyl sites for hydroxylation is 1. The third-order valence-electron chi connectivity index (χ3n) is 1.21. The topological polar surface area (TPSA) is 61.1 Å². The Hall–Kier alpha value is -1.89. The number of nitrogens with zero attached hydrogens (tertiary/aromatic N) is 3. The highest BCUT2D eigenvalue weighted by Crippen LogP contribution is 2.02. The second-order valence-corrected chi connectivity index (χ2v) is 2.22. The van der Waals surface area contributed by atoms with Crippen LogP contribution in [0, 0.1) is 18.3 Å². The summed E-state index contributed by atoms with van der Waals surface area (Å²) in [5.74, 6) is 0.632. The van der Waals surface area contributed by atoms with Gasteiger partial charge >= 0.3 is 0 Å². The van der Waals surface area contributed by atoms with E-state index in [9.17, 15) is 0 Å². The molecule has 0 bridgehead atoms. The molecule has 0 aliphatic heterocycles. The van der Waals surface area contributed by atoms with Gasteiger partial charge in [0.1, 0.15) is 18.1 Å². The Morgan fingerprint density at radius 1 is 1.67 bits per heavy atom. The Morgan fingerprint density at radius 3 is 3.08 bits per heavy atom. The molecule has 1 aromatic rings. The van der Waals surface area contributed by atoms with Crippen LogP contribution in [0.5, 0.6) is 0 Å². The third-order valence-corrected chi connectivity index (χ3v) is 1.21. The maximum Gasteiger partial charge on any atom is 0.146 e. The van der Waals surface area contributed by atoms with Crippen LogP contribution in [0.25, 0.3) is 0 Å². The number of nitrogens with one attached hydrogen (secondary N) is 1. The van der Waals surface area contributed by atoms with E-state index in [4.69, 9.17) is 5.26 Å². The van der Waals surface area contributed by atoms with E-state index in [2.05, 4.69) is 15.5 Å². The SMILES string of the molecule is Cc1ccc(N/N=C/C#N)nc1. The minimum atomic E-state index is 0.632. The molecular formula is C8H8N4. The van der Waals surface area contributed by atoms with E-state index in [-0.39, 0.29) is 0 Å². The molecule has 0 atom stereocenters. The first kappa shape index (κ1) is 8.21. The van der Waals surface area contributed by atoms with Gasteiger partial charge in [-0.25, -0.2) is 4.98 Å². The Labute approximate surface area is 70.6 Å². The van der Waals surface area contributed by atoms with Crippen LogP contribution in [0.15, 0.2) is 23.4 Å². The van der Waals surface area contributed by atoms with E-state index >= 15 is 0 Å². The van der Waals surface area contributed by atoms with Gasteiger partial charge < -0.3 is 0 Å². The molecule has 1 N–H and O–H groups in total. The summed E-state index contributed by atoms with van der Waals surface area (Å²) in [5.41, 5.74) is 3.70. The largest absolute Gasteiger partial charge is 0.261 e. The smallest absolute Gasteiger partial charge is 0.146 e. The zero-order valence-corrected chi connectivity index (χ0v) is 6.65. The van der Waals surface area contributed by atoms with Gasteiger partial charge in [0.2, 0.25) is 0 Å². The van der Waals surface area contributed by atoms with Crippen molar-refractivity contribution in [3.8, 4) is 6.07 Å². The molecule has 12 heavy (non-hydrogen) atoms. The molecule has 4 nitrogen and oxygen atoms in total. The van der Waals surface area contributed by atoms with Crippen molar-refractivity contribution in [2.45, 2.75) is 6.92 Å². The van der Waals surface area contributed by atoms with Crippen LogP contribution in [0.4, 0.5) is 5.82 Å². The molecule has 0 saturated heterocycles. The van der Waals surface area contributed by atoms with Gasteiger partial charge in [-0.1, -0.05) is 6.07 Å². The highest BCUT2D eigenvalue weighted by molar-refractivity contribution is 5.75. The lowest BCUT2D eigenvalue weighted by Crippen LogP contribution is -1.91. The van der Waals surface area contributed by atoms with Gasteiger partial charge in [-0.3, -0.25) is 5.43 Å². The van der Waals surface area contributed by atoms with Gasteiger partial charge in [-0.2, -0.15) is 10.4 Å². The predicted octanol–water partition coefficient (Wildman–Crippen LogP) is 1.31. The fraction of sp³-hybridized carbons (Fsp3) is 0.125. The fourth-order valence-electron chi connectivity index (χ4n) is 0.661. The van der Waals surface area contributed by atoms with Gasteiger partial charge in [0.15, 0.2) is 0 Å². The number of rotatable bonds is 2. The third kappa shape index (κ3) is 2.39. The molecule has 1 aromatic heterocycles. The summed E-state index contributed by atoms with van der Waals surface area (Å²) in [5, 5.41) is 11.7. The number of nitriles is 1. The predicted molar refractivity (Wildman–Crippen MR) is 46.7 cm³/mol. The number of hydrazone groups is 1. The molecule has 0 fully saturated rings. The molecule has 0 aliphatic rings. The fourth-order valence-corrected chi connectivity index (χ4v) is 0.661. The van der Waals surface area contributed by atoms with Gasteiger partial charge in [-0.05, 0) is 18.6 Å². The second kappa shape index (κ2) is 4.09. The minimum Gasteiger partial charge on any atom is -0.261 e. The summed E-state index contributed by atoms with van der Waals surface area (Å²) in [4.78, 5) is 4.02. The van der Waals surface area contributed by atoms with Crippen LogP contribution in [0.3, 0.4) is 0 Å². The van der Waals surface area contributed by atoms with Crippen molar-refractivity contribution in [3.05, 3.63) is 23.9 Å². The highest BCUT2D eigenvalue weighted by Gasteiger charge is 1.88. The lowest BCUT2D eigenvalue weighted by Gasteiger charge is -1.96. The molecule has 60 valence electrons. The van der Waals surface area contributed by atoms with Crippen molar-refractivity contribution in [2.75, 3.05) is 5.43 Å². The van der Waals surface area contributed by atoms with Gasteiger partial charge in [-0.15, -0.1) is 0 Å². The monoisotopic (exact) mass is 160 g/mol.